The molecule has 0 aromatic carbocycles. The van der Waals surface area contributed by atoms with Crippen LogP contribution >= 0.6 is 0 Å². The summed E-state index contributed by atoms with van der Waals surface area (Å²) >= 11 is 0. The van der Waals surface area contributed by atoms with Crippen LogP contribution in [0.15, 0.2) is 17.7 Å². The number of nitrogens with one attached hydrogen (secondary N) is 1. The second kappa shape index (κ2) is 6.34. The summed E-state index contributed by atoms with van der Waals surface area (Å²) in [4.78, 5) is 9.70. The molecular formula is C4H12N6O2. The lowest BCUT2D eigenvalue weighted by Gasteiger charge is -2.21. The fraction of sp³-hybridized carbons (Fsp3) is 0.500. The van der Waals surface area contributed by atoms with Crippen molar-refractivity contribution in [3.8, 4) is 0 Å². The van der Waals surface area contributed by atoms with Gasteiger partial charge in [0.1, 0.15) is 0 Å². The zero-order valence-corrected chi connectivity index (χ0v) is 6.42. The summed E-state index contributed by atoms with van der Waals surface area (Å²) in [6.45, 7) is 0.713. The number of rotatable bonds is 6. The van der Waals surface area contributed by atoms with Crippen LogP contribution in [0.25, 0.3) is 0 Å². The highest BCUT2D eigenvalue weighted by atomic mass is 16.6. The first kappa shape index (κ1) is 10.6. The van der Waals surface area contributed by atoms with Crippen LogP contribution in [0, 0.1) is 4.91 Å². The van der Waals surface area contributed by atoms with Crippen LogP contribution < -0.4 is 17.0 Å². The van der Waals surface area contributed by atoms with Crippen LogP contribution in [0.2, 0.25) is 0 Å². The largest absolute Gasteiger partial charge is 0.403 e. The molecule has 0 radical (unpaired) electrons. The van der Waals surface area contributed by atoms with E-state index < -0.39 is 0 Å². The maximum atomic E-state index is 9.70. The van der Waals surface area contributed by atoms with E-state index in [4.69, 9.17) is 16.7 Å². The van der Waals surface area contributed by atoms with E-state index in [1.165, 1.54) is 17.4 Å². The third-order valence-corrected chi connectivity index (χ3v) is 0.931. The Bertz CT molecular complexity index is 150. The van der Waals surface area contributed by atoms with Gasteiger partial charge in [-0.3, -0.25) is 10.2 Å². The first-order valence-corrected chi connectivity index (χ1v) is 3.18. The van der Waals surface area contributed by atoms with Crippen molar-refractivity contribution in [2.24, 2.45) is 16.8 Å². The van der Waals surface area contributed by atoms with Crippen molar-refractivity contribution in [3.63, 3.8) is 0 Å². The minimum atomic E-state index is 0.00958. The van der Waals surface area contributed by atoms with Gasteiger partial charge < -0.3 is 11.5 Å². The van der Waals surface area contributed by atoms with Gasteiger partial charge in [-0.25, -0.2) is 0 Å². The summed E-state index contributed by atoms with van der Waals surface area (Å²) < 4.78 is 0. The Kier molecular flexibility index (Phi) is 5.61. The molecule has 8 nitrogen and oxygen atoms in total. The van der Waals surface area contributed by atoms with Crippen LogP contribution in [-0.2, 0) is 0 Å². The number of nitrogens with zero attached hydrogens (tertiary/aromatic N) is 3. The third-order valence-electron chi connectivity index (χ3n) is 0.931. The lowest BCUT2D eigenvalue weighted by atomic mass is 10.6. The summed E-state index contributed by atoms with van der Waals surface area (Å²) in [6, 6.07) is 0. The van der Waals surface area contributed by atoms with Gasteiger partial charge >= 0.3 is 0 Å². The predicted octanol–water partition coefficient (Wildman–Crippen LogP) is -1.53. The first-order valence-electron chi connectivity index (χ1n) is 3.18. The monoisotopic (exact) mass is 176 g/mol. The Morgan fingerprint density at radius 3 is 2.75 bits per heavy atom. The molecule has 0 fully saturated rings. The predicted molar refractivity (Wildman–Crippen MR) is 41.6 cm³/mol. The minimum Gasteiger partial charge on any atom is -0.403 e. The Labute approximate surface area is 69.2 Å². The Hall–Kier alpha value is -1.38. The molecule has 0 spiro atoms. The number of hydrazine groups is 2. The molecule has 0 aliphatic carbocycles. The van der Waals surface area contributed by atoms with Gasteiger partial charge in [0.25, 0.3) is 0 Å². The fourth-order valence-corrected chi connectivity index (χ4v) is 0.534. The van der Waals surface area contributed by atoms with E-state index in [1.54, 1.807) is 0 Å². The second-order valence-electron chi connectivity index (χ2n) is 1.79. The fourth-order valence-electron chi connectivity index (χ4n) is 0.534. The van der Waals surface area contributed by atoms with Gasteiger partial charge in [-0.2, -0.15) is 0 Å². The van der Waals surface area contributed by atoms with Crippen LogP contribution in [-0.4, -0.2) is 28.6 Å². The molecule has 0 aromatic rings. The molecule has 0 saturated carbocycles. The molecule has 0 rings (SSSR count). The van der Waals surface area contributed by atoms with Gasteiger partial charge in [0.2, 0.25) is 0 Å². The molecular weight excluding hydrogens is 164 g/mol. The van der Waals surface area contributed by atoms with E-state index in [2.05, 4.69) is 10.8 Å². The molecule has 0 bridgehead atoms. The average Bonchev–Trinajstić information content (AvgIpc) is 2.05. The summed E-state index contributed by atoms with van der Waals surface area (Å²) in [7, 11) is 0. The Morgan fingerprint density at radius 1 is 1.67 bits per heavy atom. The standard InChI is InChI=1S/C4H12N6O2/c5-1-3-9(4-2-6)7-10(12)8-11/h1,3,7,12H,2,4-6H2/b3-1+. The van der Waals surface area contributed by atoms with Gasteiger partial charge in [0.05, 0.1) is 5.29 Å². The Balaban J connectivity index is 3.84. The van der Waals surface area contributed by atoms with E-state index in [-0.39, 0.29) is 5.28 Å². The molecule has 0 heterocycles. The second-order valence-corrected chi connectivity index (χ2v) is 1.79. The van der Waals surface area contributed by atoms with Crippen LogP contribution in [0.1, 0.15) is 0 Å². The minimum absolute atomic E-state index is 0.00958. The molecule has 0 aliphatic heterocycles. The number of hydrogen-bond acceptors (Lipinski definition) is 7. The van der Waals surface area contributed by atoms with Crippen molar-refractivity contribution in [2.45, 2.75) is 0 Å². The molecule has 6 N–H and O–H groups in total. The van der Waals surface area contributed by atoms with Crippen LogP contribution in [0.4, 0.5) is 0 Å². The molecule has 70 valence electrons. The van der Waals surface area contributed by atoms with Crippen molar-refractivity contribution in [1.29, 1.82) is 0 Å². The molecule has 0 amide bonds. The molecule has 0 aliphatic rings. The molecule has 0 unspecified atom stereocenters. The summed E-state index contributed by atoms with van der Waals surface area (Å²) in [5, 5.41) is 12.0. The number of nitrogens with two attached hydrogens (primary N) is 2. The maximum absolute atomic E-state index is 9.70. The van der Waals surface area contributed by atoms with Crippen molar-refractivity contribution in [2.75, 3.05) is 13.1 Å². The third kappa shape index (κ3) is 4.44. The van der Waals surface area contributed by atoms with Crippen LogP contribution in [0.5, 0.6) is 0 Å². The summed E-state index contributed by atoms with van der Waals surface area (Å²) in [5.41, 5.74) is 12.4. The lowest BCUT2D eigenvalue weighted by Crippen LogP contribution is -2.44. The van der Waals surface area contributed by atoms with E-state index >= 15 is 0 Å². The van der Waals surface area contributed by atoms with E-state index in [0.29, 0.717) is 13.1 Å². The molecule has 0 aromatic heterocycles. The lowest BCUT2D eigenvalue weighted by molar-refractivity contribution is -0.181. The first-order chi connectivity index (χ1) is 5.74. The SMILES string of the molecule is N/C=C/N(CCN)NN(O)N=O. The normalized spacial score (nSPS) is 10.2. The highest BCUT2D eigenvalue weighted by Gasteiger charge is 2.00. The number of nitroso groups, excluding NO2 is 1. The van der Waals surface area contributed by atoms with E-state index in [0.717, 1.165) is 0 Å². The smallest absolute Gasteiger partial charge is 0.0976 e. The summed E-state index contributed by atoms with van der Waals surface area (Å²) in [5.74, 6) is 0. The van der Waals surface area contributed by atoms with Crippen molar-refractivity contribution < 1.29 is 5.21 Å². The average molecular weight is 176 g/mol. The zero-order chi connectivity index (χ0) is 9.40. The van der Waals surface area contributed by atoms with Gasteiger partial charge in [0.15, 0.2) is 0 Å². The van der Waals surface area contributed by atoms with E-state index in [9.17, 15) is 4.91 Å². The van der Waals surface area contributed by atoms with Crippen LogP contribution in [0.3, 0.4) is 0 Å². The topological polar surface area (TPSA) is 120 Å². The Morgan fingerprint density at radius 2 is 2.33 bits per heavy atom. The quantitative estimate of drug-likeness (QED) is 0.286. The van der Waals surface area contributed by atoms with Crippen molar-refractivity contribution in [1.82, 2.24) is 15.8 Å². The van der Waals surface area contributed by atoms with Gasteiger partial charge in [-0.05, 0) is 5.28 Å². The van der Waals surface area contributed by atoms with Gasteiger partial charge in [0, 0.05) is 25.5 Å². The molecule has 0 saturated heterocycles. The van der Waals surface area contributed by atoms with E-state index in [1.807, 2.05) is 0 Å². The summed E-state index contributed by atoms with van der Waals surface area (Å²) in [6.07, 6.45) is 2.61. The highest BCUT2D eigenvalue weighted by molar-refractivity contribution is 4.73. The number of hydrogen-bond donors (Lipinski definition) is 4. The molecule has 8 heteroatoms. The zero-order valence-electron chi connectivity index (χ0n) is 6.42. The molecule has 0 atom stereocenters. The van der Waals surface area contributed by atoms with Gasteiger partial charge in [-0.15, -0.1) is 4.91 Å². The molecule has 12 heavy (non-hydrogen) atoms. The van der Waals surface area contributed by atoms with Crippen molar-refractivity contribution in [3.05, 3.63) is 17.3 Å². The van der Waals surface area contributed by atoms with Gasteiger partial charge in [-0.1, -0.05) is 5.53 Å². The maximum Gasteiger partial charge on any atom is 0.0976 e. The van der Waals surface area contributed by atoms with Crippen molar-refractivity contribution >= 4 is 0 Å². The highest BCUT2D eigenvalue weighted by Crippen LogP contribution is 1.83.